The van der Waals surface area contributed by atoms with Crippen LogP contribution in [0.15, 0.2) is 48.8 Å². The van der Waals surface area contributed by atoms with Crippen LogP contribution >= 0.6 is 0 Å². The summed E-state index contributed by atoms with van der Waals surface area (Å²) in [5.41, 5.74) is 7.10. The number of benzene rings is 1. The Morgan fingerprint density at radius 1 is 1.33 bits per heavy atom. The number of cyclic esters (lactones) is 1. The highest BCUT2D eigenvalue weighted by molar-refractivity contribution is 5.90. The zero-order valence-corrected chi connectivity index (χ0v) is 15.6. The SMILES string of the molecule is NC(=O)C(F)CC1CN(c2ccc(-c3[nH]ncc3-c3ccccn3)c(F)c2)C(=O)O1. The summed E-state index contributed by atoms with van der Waals surface area (Å²) in [6.45, 7) is -0.0193. The minimum Gasteiger partial charge on any atom is -0.444 e. The summed E-state index contributed by atoms with van der Waals surface area (Å²) >= 11 is 0. The van der Waals surface area contributed by atoms with E-state index in [0.717, 1.165) is 0 Å². The van der Waals surface area contributed by atoms with Crippen LogP contribution < -0.4 is 10.6 Å². The second-order valence-corrected chi connectivity index (χ2v) is 6.76. The maximum Gasteiger partial charge on any atom is 0.414 e. The van der Waals surface area contributed by atoms with Crippen molar-refractivity contribution in [1.29, 1.82) is 0 Å². The first-order chi connectivity index (χ1) is 14.4. The topological polar surface area (TPSA) is 114 Å². The predicted molar refractivity (Wildman–Crippen MR) is 104 cm³/mol. The van der Waals surface area contributed by atoms with Gasteiger partial charge < -0.3 is 10.5 Å². The first-order valence-corrected chi connectivity index (χ1v) is 9.10. The largest absolute Gasteiger partial charge is 0.444 e. The van der Waals surface area contributed by atoms with Crippen molar-refractivity contribution in [2.24, 2.45) is 5.73 Å². The van der Waals surface area contributed by atoms with Gasteiger partial charge in [0.15, 0.2) is 6.17 Å². The van der Waals surface area contributed by atoms with Crippen LogP contribution in [-0.4, -0.2) is 46.0 Å². The number of aromatic nitrogens is 3. The summed E-state index contributed by atoms with van der Waals surface area (Å²) in [5, 5.41) is 6.77. The van der Waals surface area contributed by atoms with Gasteiger partial charge in [0.2, 0.25) is 0 Å². The number of ether oxygens (including phenoxy) is 1. The van der Waals surface area contributed by atoms with E-state index in [-0.39, 0.29) is 24.2 Å². The molecule has 1 aliphatic rings. The van der Waals surface area contributed by atoms with Crippen LogP contribution in [0, 0.1) is 5.82 Å². The summed E-state index contributed by atoms with van der Waals surface area (Å²) in [6, 6.07) is 9.61. The van der Waals surface area contributed by atoms with Gasteiger partial charge in [-0.05, 0) is 30.3 Å². The van der Waals surface area contributed by atoms with Gasteiger partial charge in [0.25, 0.3) is 5.91 Å². The molecule has 1 aromatic carbocycles. The van der Waals surface area contributed by atoms with Gasteiger partial charge in [0.05, 0.1) is 29.8 Å². The molecule has 2 amide bonds. The third-order valence-electron chi connectivity index (χ3n) is 4.77. The maximum absolute atomic E-state index is 14.9. The fourth-order valence-electron chi connectivity index (χ4n) is 3.28. The fraction of sp³-hybridized carbons (Fsp3) is 0.200. The number of carbonyl (C=O) groups is 2. The average Bonchev–Trinajstić information content (AvgIpc) is 3.35. The molecule has 1 aliphatic heterocycles. The monoisotopic (exact) mass is 413 g/mol. The number of pyridine rings is 1. The number of aromatic amines is 1. The van der Waals surface area contributed by atoms with E-state index in [2.05, 4.69) is 15.2 Å². The summed E-state index contributed by atoms with van der Waals surface area (Å²) < 4.78 is 33.5. The second-order valence-electron chi connectivity index (χ2n) is 6.76. The molecule has 2 aromatic heterocycles. The summed E-state index contributed by atoms with van der Waals surface area (Å²) in [6.07, 6.45) is -0.696. The molecule has 4 rings (SSSR count). The van der Waals surface area contributed by atoms with Gasteiger partial charge in [-0.2, -0.15) is 5.10 Å². The van der Waals surface area contributed by atoms with Crippen LogP contribution in [-0.2, 0) is 9.53 Å². The van der Waals surface area contributed by atoms with Crippen molar-refractivity contribution in [2.45, 2.75) is 18.7 Å². The Balaban J connectivity index is 1.57. The van der Waals surface area contributed by atoms with Crippen LogP contribution in [0.4, 0.5) is 19.3 Å². The molecular weight excluding hydrogens is 396 g/mol. The number of nitrogens with two attached hydrogens (primary N) is 1. The third-order valence-corrected chi connectivity index (χ3v) is 4.77. The van der Waals surface area contributed by atoms with E-state index in [0.29, 0.717) is 17.0 Å². The third kappa shape index (κ3) is 3.71. The van der Waals surface area contributed by atoms with E-state index in [1.165, 1.54) is 17.0 Å². The number of nitrogens with one attached hydrogen (secondary N) is 1. The molecule has 3 N–H and O–H groups in total. The number of nitrogens with zero attached hydrogens (tertiary/aromatic N) is 3. The molecule has 8 nitrogen and oxygen atoms in total. The molecule has 154 valence electrons. The lowest BCUT2D eigenvalue weighted by molar-refractivity contribution is -0.123. The number of H-pyrrole nitrogens is 1. The van der Waals surface area contributed by atoms with Gasteiger partial charge in [0, 0.05) is 23.7 Å². The van der Waals surface area contributed by atoms with Gasteiger partial charge >= 0.3 is 6.09 Å². The van der Waals surface area contributed by atoms with Crippen LogP contribution in [0.2, 0.25) is 0 Å². The maximum atomic E-state index is 14.9. The van der Waals surface area contributed by atoms with Gasteiger partial charge in [-0.25, -0.2) is 13.6 Å². The zero-order chi connectivity index (χ0) is 21.3. The number of hydrogen-bond acceptors (Lipinski definition) is 5. The van der Waals surface area contributed by atoms with E-state index in [1.807, 2.05) is 6.07 Å². The van der Waals surface area contributed by atoms with E-state index in [4.69, 9.17) is 10.5 Å². The normalized spacial score (nSPS) is 17.1. The van der Waals surface area contributed by atoms with Crippen LogP contribution in [0.3, 0.4) is 0 Å². The number of primary amides is 1. The Hall–Kier alpha value is -3.82. The van der Waals surface area contributed by atoms with Gasteiger partial charge in [-0.1, -0.05) is 6.07 Å². The molecule has 30 heavy (non-hydrogen) atoms. The van der Waals surface area contributed by atoms with E-state index >= 15 is 0 Å². The molecule has 0 spiro atoms. The molecule has 3 aromatic rings. The number of amides is 2. The van der Waals surface area contributed by atoms with Gasteiger partial charge in [-0.15, -0.1) is 0 Å². The number of anilines is 1. The highest BCUT2D eigenvalue weighted by Crippen LogP contribution is 2.33. The number of carbonyl (C=O) groups excluding carboxylic acids is 2. The molecule has 0 saturated carbocycles. The Morgan fingerprint density at radius 2 is 2.17 bits per heavy atom. The first kappa shape index (κ1) is 19.5. The highest BCUT2D eigenvalue weighted by Gasteiger charge is 2.35. The summed E-state index contributed by atoms with van der Waals surface area (Å²) in [5.74, 6) is -1.71. The second kappa shape index (κ2) is 7.90. The summed E-state index contributed by atoms with van der Waals surface area (Å²) in [7, 11) is 0. The van der Waals surface area contributed by atoms with Crippen molar-refractivity contribution in [3.8, 4) is 22.5 Å². The Morgan fingerprint density at radius 3 is 2.87 bits per heavy atom. The molecular formula is C20H17F2N5O3. The minimum atomic E-state index is -1.92. The molecule has 3 heterocycles. The standard InChI is InChI=1S/C20H17F2N5O3/c21-15-7-11(27-10-12(30-20(27)29)8-16(22)19(23)28)4-5-13(15)18-14(9-25-26-18)17-3-1-2-6-24-17/h1-7,9,12,16H,8,10H2,(H2,23,28)(H,25,26). The van der Waals surface area contributed by atoms with Crippen molar-refractivity contribution >= 4 is 17.7 Å². The minimum absolute atomic E-state index is 0.0193. The van der Waals surface area contributed by atoms with E-state index in [9.17, 15) is 18.4 Å². The van der Waals surface area contributed by atoms with Crippen molar-refractivity contribution in [2.75, 3.05) is 11.4 Å². The number of hydrogen-bond donors (Lipinski definition) is 2. The van der Waals surface area contributed by atoms with Crippen LogP contribution in [0.25, 0.3) is 22.5 Å². The van der Waals surface area contributed by atoms with Crippen LogP contribution in [0.5, 0.6) is 0 Å². The van der Waals surface area contributed by atoms with Crippen molar-refractivity contribution in [3.63, 3.8) is 0 Å². The zero-order valence-electron chi connectivity index (χ0n) is 15.6. The molecule has 0 bridgehead atoms. The van der Waals surface area contributed by atoms with Gasteiger partial charge in [-0.3, -0.25) is 19.8 Å². The average molecular weight is 413 g/mol. The lowest BCUT2D eigenvalue weighted by atomic mass is 10.0. The number of alkyl halides is 1. The molecule has 2 unspecified atom stereocenters. The lowest BCUT2D eigenvalue weighted by Crippen LogP contribution is -2.30. The molecule has 1 saturated heterocycles. The van der Waals surface area contributed by atoms with Crippen molar-refractivity contribution in [3.05, 3.63) is 54.6 Å². The van der Waals surface area contributed by atoms with Gasteiger partial charge in [0.1, 0.15) is 11.9 Å². The highest BCUT2D eigenvalue weighted by atomic mass is 19.1. The molecule has 1 fully saturated rings. The van der Waals surface area contributed by atoms with E-state index < -0.39 is 30.1 Å². The molecule has 0 radical (unpaired) electrons. The Labute approximate surface area is 169 Å². The Bertz CT molecular complexity index is 1090. The van der Waals surface area contributed by atoms with Crippen molar-refractivity contribution in [1.82, 2.24) is 15.2 Å². The van der Waals surface area contributed by atoms with Crippen molar-refractivity contribution < 1.29 is 23.1 Å². The summed E-state index contributed by atoms with van der Waals surface area (Å²) in [4.78, 5) is 28.4. The first-order valence-electron chi connectivity index (χ1n) is 9.10. The fourth-order valence-corrected chi connectivity index (χ4v) is 3.28. The molecule has 2 atom stereocenters. The number of rotatable bonds is 6. The Kier molecular flexibility index (Phi) is 5.13. The predicted octanol–water partition coefficient (Wildman–Crippen LogP) is 2.82. The quantitative estimate of drug-likeness (QED) is 0.645. The van der Waals surface area contributed by atoms with Crippen LogP contribution in [0.1, 0.15) is 6.42 Å². The van der Waals surface area contributed by atoms with E-state index in [1.54, 1.807) is 30.6 Å². The molecule has 0 aliphatic carbocycles. The molecule has 10 heteroatoms. The number of halogens is 2. The smallest absolute Gasteiger partial charge is 0.414 e. The lowest BCUT2D eigenvalue weighted by Gasteiger charge is -2.14.